The van der Waals surface area contributed by atoms with Crippen LogP contribution in [0.5, 0.6) is 11.5 Å². The van der Waals surface area contributed by atoms with E-state index in [9.17, 15) is 4.79 Å². The second kappa shape index (κ2) is 12.6. The van der Waals surface area contributed by atoms with Crippen LogP contribution in [0, 0.1) is 0 Å². The van der Waals surface area contributed by atoms with Gasteiger partial charge in [-0.1, -0.05) is 49.6 Å². The van der Waals surface area contributed by atoms with E-state index in [1.165, 1.54) is 11.1 Å². The summed E-state index contributed by atoms with van der Waals surface area (Å²) in [5, 5.41) is 0. The van der Waals surface area contributed by atoms with Crippen LogP contribution in [0.2, 0.25) is 0 Å². The van der Waals surface area contributed by atoms with Crippen molar-refractivity contribution in [3.63, 3.8) is 0 Å². The van der Waals surface area contributed by atoms with Crippen LogP contribution in [0.4, 0.5) is 0 Å². The number of hydrogen-bond donors (Lipinski definition) is 0. The van der Waals surface area contributed by atoms with E-state index in [4.69, 9.17) is 9.47 Å². The predicted octanol–water partition coefficient (Wildman–Crippen LogP) is 5.73. The molecule has 0 heterocycles. The summed E-state index contributed by atoms with van der Waals surface area (Å²) in [4.78, 5) is 12.2. The number of carbonyl (C=O) groups excluding carboxylic acids is 1. The minimum absolute atomic E-state index is 0.332. The molecule has 0 saturated carbocycles. The maximum Gasteiger partial charge on any atom is 0.132 e. The van der Waals surface area contributed by atoms with Crippen LogP contribution in [0.1, 0.15) is 36.8 Å². The average Bonchev–Trinajstić information content (AvgIpc) is 2.71. The smallest absolute Gasteiger partial charge is 0.132 e. The summed E-state index contributed by atoms with van der Waals surface area (Å²) in [6.45, 7) is 8.32. The lowest BCUT2D eigenvalue weighted by Crippen LogP contribution is -2.00. The van der Waals surface area contributed by atoms with Gasteiger partial charge >= 0.3 is 0 Å². The van der Waals surface area contributed by atoms with E-state index in [0.717, 1.165) is 37.2 Å². The molecule has 0 aliphatic rings. The van der Waals surface area contributed by atoms with Crippen molar-refractivity contribution >= 4 is 5.78 Å². The lowest BCUT2D eigenvalue weighted by molar-refractivity contribution is -0.119. The number of rotatable bonds is 14. The Bertz CT molecular complexity index is 700. The van der Waals surface area contributed by atoms with E-state index >= 15 is 0 Å². The van der Waals surface area contributed by atoms with Gasteiger partial charge in [-0.2, -0.15) is 0 Å². The molecule has 0 fully saturated rings. The fourth-order valence-electron chi connectivity index (χ4n) is 3.00. The molecule has 0 aliphatic carbocycles. The van der Waals surface area contributed by atoms with E-state index in [0.29, 0.717) is 31.8 Å². The number of benzene rings is 2. The van der Waals surface area contributed by atoms with Gasteiger partial charge in [0, 0.05) is 12.8 Å². The van der Waals surface area contributed by atoms with Gasteiger partial charge in [0.15, 0.2) is 0 Å². The minimum Gasteiger partial charge on any atom is -0.490 e. The second-order valence-electron chi connectivity index (χ2n) is 6.74. The number of Topliss-reactive ketones (excluding diaryl/α,β-unsaturated/α-hetero) is 1. The summed E-state index contributed by atoms with van der Waals surface area (Å²) in [6, 6.07) is 16.1. The molecule has 0 N–H and O–H groups in total. The van der Waals surface area contributed by atoms with Crippen molar-refractivity contribution in [2.24, 2.45) is 0 Å². The fraction of sp³-hybridized carbons (Fsp3) is 0.320. The van der Waals surface area contributed by atoms with E-state index in [1.54, 1.807) is 12.2 Å². The fourth-order valence-corrected chi connectivity index (χ4v) is 3.00. The molecule has 0 amide bonds. The molecule has 148 valence electrons. The van der Waals surface area contributed by atoms with Crippen LogP contribution in [0.15, 0.2) is 73.8 Å². The molecule has 2 aromatic rings. The first-order valence-electron chi connectivity index (χ1n) is 9.88. The van der Waals surface area contributed by atoms with Crippen LogP contribution >= 0.6 is 0 Å². The van der Waals surface area contributed by atoms with Crippen molar-refractivity contribution in [2.45, 2.75) is 38.5 Å². The Balaban J connectivity index is 1.66. The van der Waals surface area contributed by atoms with Crippen molar-refractivity contribution in [1.82, 2.24) is 0 Å². The third kappa shape index (κ3) is 8.26. The van der Waals surface area contributed by atoms with Crippen molar-refractivity contribution in [2.75, 3.05) is 13.2 Å². The van der Waals surface area contributed by atoms with Gasteiger partial charge in [0.25, 0.3) is 0 Å². The van der Waals surface area contributed by atoms with Gasteiger partial charge in [0.05, 0.1) is 0 Å². The number of ketones is 1. The standard InChI is InChI=1S/C25H30O3/c1-3-17-27-24-15-7-11-21(19-24)9-5-13-23(26)14-6-10-22-12-8-16-25(20-22)28-18-4-2/h3-4,7-8,11-12,15-16,19-20H,1-2,5-6,9-10,13-14,17-18H2. The first-order chi connectivity index (χ1) is 13.7. The van der Waals surface area contributed by atoms with Gasteiger partial charge in [0.2, 0.25) is 0 Å². The van der Waals surface area contributed by atoms with E-state index in [1.807, 2.05) is 36.4 Å². The topological polar surface area (TPSA) is 35.5 Å². The van der Waals surface area contributed by atoms with Crippen molar-refractivity contribution in [3.05, 3.63) is 85.0 Å². The van der Waals surface area contributed by atoms with Crippen LogP contribution in [0.25, 0.3) is 0 Å². The molecule has 28 heavy (non-hydrogen) atoms. The Morgan fingerprint density at radius 3 is 1.68 bits per heavy atom. The largest absolute Gasteiger partial charge is 0.490 e. The van der Waals surface area contributed by atoms with Crippen molar-refractivity contribution < 1.29 is 14.3 Å². The molecular formula is C25H30O3. The predicted molar refractivity (Wildman–Crippen MR) is 115 cm³/mol. The zero-order chi connectivity index (χ0) is 20.0. The lowest BCUT2D eigenvalue weighted by atomic mass is 10.0. The maximum atomic E-state index is 12.2. The molecule has 0 radical (unpaired) electrons. The quantitative estimate of drug-likeness (QED) is 0.394. The number of aryl methyl sites for hydroxylation is 2. The molecule has 0 spiro atoms. The van der Waals surface area contributed by atoms with E-state index < -0.39 is 0 Å². The molecule has 0 atom stereocenters. The molecule has 0 aromatic heterocycles. The van der Waals surface area contributed by atoms with Crippen molar-refractivity contribution in [1.29, 1.82) is 0 Å². The normalized spacial score (nSPS) is 10.3. The van der Waals surface area contributed by atoms with Gasteiger partial charge in [-0.15, -0.1) is 0 Å². The van der Waals surface area contributed by atoms with Crippen LogP contribution in [-0.4, -0.2) is 19.0 Å². The lowest BCUT2D eigenvalue weighted by Gasteiger charge is -2.07. The van der Waals surface area contributed by atoms with E-state index in [2.05, 4.69) is 25.3 Å². The third-order valence-corrected chi connectivity index (χ3v) is 4.37. The Kier molecular flexibility index (Phi) is 9.64. The maximum absolute atomic E-state index is 12.2. The highest BCUT2D eigenvalue weighted by Crippen LogP contribution is 2.17. The molecule has 0 bridgehead atoms. The molecule has 3 nitrogen and oxygen atoms in total. The van der Waals surface area contributed by atoms with Crippen LogP contribution in [-0.2, 0) is 17.6 Å². The van der Waals surface area contributed by atoms with Crippen molar-refractivity contribution in [3.8, 4) is 11.5 Å². The zero-order valence-corrected chi connectivity index (χ0v) is 16.6. The number of hydrogen-bond acceptors (Lipinski definition) is 3. The summed E-state index contributed by atoms with van der Waals surface area (Å²) >= 11 is 0. The number of ether oxygens (including phenoxy) is 2. The summed E-state index contributed by atoms with van der Waals surface area (Å²) in [7, 11) is 0. The Labute approximate surface area is 168 Å². The van der Waals surface area contributed by atoms with Gasteiger partial charge in [0.1, 0.15) is 30.5 Å². The monoisotopic (exact) mass is 378 g/mol. The van der Waals surface area contributed by atoms with Crippen LogP contribution < -0.4 is 9.47 Å². The van der Waals surface area contributed by atoms with Gasteiger partial charge in [-0.3, -0.25) is 4.79 Å². The summed E-state index contributed by atoms with van der Waals surface area (Å²) in [5.74, 6) is 2.03. The highest BCUT2D eigenvalue weighted by molar-refractivity contribution is 5.78. The summed E-state index contributed by atoms with van der Waals surface area (Å²) < 4.78 is 11.1. The molecule has 2 aromatic carbocycles. The van der Waals surface area contributed by atoms with Crippen LogP contribution in [0.3, 0.4) is 0 Å². The Morgan fingerprint density at radius 1 is 0.786 bits per heavy atom. The van der Waals surface area contributed by atoms with E-state index in [-0.39, 0.29) is 0 Å². The van der Waals surface area contributed by atoms with Gasteiger partial charge in [-0.05, 0) is 61.1 Å². The first kappa shape index (κ1) is 21.5. The Morgan fingerprint density at radius 2 is 1.25 bits per heavy atom. The Hall–Kier alpha value is -2.81. The minimum atomic E-state index is 0.332. The molecule has 0 saturated heterocycles. The third-order valence-electron chi connectivity index (χ3n) is 4.37. The molecular weight excluding hydrogens is 348 g/mol. The number of carbonyl (C=O) groups is 1. The second-order valence-corrected chi connectivity index (χ2v) is 6.74. The molecule has 2 rings (SSSR count). The molecule has 0 unspecified atom stereocenters. The molecule has 0 aliphatic heterocycles. The zero-order valence-electron chi connectivity index (χ0n) is 16.6. The SMILES string of the molecule is C=CCOc1cccc(CCCC(=O)CCCc2cccc(OCC=C)c2)c1. The van der Waals surface area contributed by atoms with Gasteiger partial charge < -0.3 is 9.47 Å². The van der Waals surface area contributed by atoms with Gasteiger partial charge in [-0.25, -0.2) is 0 Å². The average molecular weight is 379 g/mol. The first-order valence-corrected chi connectivity index (χ1v) is 9.88. The summed E-state index contributed by atoms with van der Waals surface area (Å²) in [5.41, 5.74) is 2.40. The summed E-state index contributed by atoms with van der Waals surface area (Å²) in [6.07, 6.45) is 8.23. The highest BCUT2D eigenvalue weighted by Gasteiger charge is 2.04. The molecule has 3 heteroatoms. The highest BCUT2D eigenvalue weighted by atomic mass is 16.5.